The van der Waals surface area contributed by atoms with E-state index >= 15 is 0 Å². The average Bonchev–Trinajstić information content (AvgIpc) is 3.12. The summed E-state index contributed by atoms with van der Waals surface area (Å²) in [6, 6.07) is 20.6. The molecule has 7 heteroatoms. The summed E-state index contributed by atoms with van der Waals surface area (Å²) in [5, 5.41) is 0. The maximum absolute atomic E-state index is 13.4. The number of ether oxygens (including phenoxy) is 1. The van der Waals surface area contributed by atoms with Gasteiger partial charge in [0.25, 0.3) is 11.8 Å². The molecule has 0 aromatic heterocycles. The van der Waals surface area contributed by atoms with Gasteiger partial charge in [0, 0.05) is 6.54 Å². The number of carbonyl (C=O) groups is 3. The Kier molecular flexibility index (Phi) is 6.49. The third-order valence-electron chi connectivity index (χ3n) is 5.48. The number of imide groups is 1. The molecule has 0 N–H and O–H groups in total. The monoisotopic (exact) mass is 446 g/mol. The van der Waals surface area contributed by atoms with Crippen LogP contribution in [0.2, 0.25) is 0 Å². The van der Waals surface area contributed by atoms with Gasteiger partial charge in [-0.05, 0) is 48.9 Å². The van der Waals surface area contributed by atoms with Gasteiger partial charge in [0.05, 0.1) is 12.1 Å². The molecule has 1 aliphatic heterocycles. The van der Waals surface area contributed by atoms with Crippen molar-refractivity contribution in [3.8, 4) is 5.75 Å². The molecule has 4 rings (SSSR count). The second-order valence-corrected chi connectivity index (χ2v) is 7.87. The summed E-state index contributed by atoms with van der Waals surface area (Å²) in [7, 11) is 0. The Bertz CT molecular complexity index is 1150. The summed E-state index contributed by atoms with van der Waals surface area (Å²) in [5.74, 6) is -1.18. The molecule has 1 heterocycles. The number of rotatable bonds is 7. The highest BCUT2D eigenvalue weighted by atomic mass is 19.1. The van der Waals surface area contributed by atoms with Crippen LogP contribution in [0.1, 0.15) is 17.5 Å². The number of halogens is 1. The SMILES string of the molecule is Cc1ccc(N2C(=O)CC(N(Cc3ccc(F)cc3)C(=O)COc3ccccc3)C2=O)cc1. The molecule has 33 heavy (non-hydrogen) atoms. The number of hydrogen-bond donors (Lipinski definition) is 0. The van der Waals surface area contributed by atoms with Gasteiger partial charge in [-0.15, -0.1) is 0 Å². The number of para-hydroxylation sites is 1. The lowest BCUT2D eigenvalue weighted by atomic mass is 10.1. The molecule has 1 fully saturated rings. The summed E-state index contributed by atoms with van der Waals surface area (Å²) < 4.78 is 19.0. The number of benzene rings is 3. The van der Waals surface area contributed by atoms with Gasteiger partial charge in [-0.1, -0.05) is 48.0 Å². The van der Waals surface area contributed by atoms with Crippen LogP contribution in [0.4, 0.5) is 10.1 Å². The number of anilines is 1. The molecule has 3 amide bonds. The summed E-state index contributed by atoms with van der Waals surface area (Å²) in [6.45, 7) is 1.66. The van der Waals surface area contributed by atoms with Crippen molar-refractivity contribution < 1.29 is 23.5 Å². The van der Waals surface area contributed by atoms with Crippen LogP contribution in [0.3, 0.4) is 0 Å². The Morgan fingerprint density at radius 2 is 1.67 bits per heavy atom. The van der Waals surface area contributed by atoms with Gasteiger partial charge in [0.2, 0.25) is 5.91 Å². The molecular weight excluding hydrogens is 423 g/mol. The van der Waals surface area contributed by atoms with Crippen LogP contribution >= 0.6 is 0 Å². The van der Waals surface area contributed by atoms with Crippen molar-refractivity contribution in [2.45, 2.75) is 25.9 Å². The van der Waals surface area contributed by atoms with Gasteiger partial charge >= 0.3 is 0 Å². The first-order valence-corrected chi connectivity index (χ1v) is 10.6. The fourth-order valence-corrected chi connectivity index (χ4v) is 3.73. The smallest absolute Gasteiger partial charge is 0.261 e. The van der Waals surface area contributed by atoms with E-state index in [9.17, 15) is 18.8 Å². The minimum atomic E-state index is -0.976. The molecule has 1 saturated heterocycles. The van der Waals surface area contributed by atoms with E-state index in [2.05, 4.69) is 0 Å². The van der Waals surface area contributed by atoms with E-state index in [0.29, 0.717) is 17.0 Å². The van der Waals surface area contributed by atoms with Crippen molar-refractivity contribution >= 4 is 23.4 Å². The van der Waals surface area contributed by atoms with E-state index in [1.807, 2.05) is 25.1 Å². The summed E-state index contributed by atoms with van der Waals surface area (Å²) >= 11 is 0. The van der Waals surface area contributed by atoms with E-state index in [1.165, 1.54) is 17.0 Å². The lowest BCUT2D eigenvalue weighted by Crippen LogP contribution is -2.46. The minimum absolute atomic E-state index is 0.0443. The maximum Gasteiger partial charge on any atom is 0.261 e. The molecule has 0 aliphatic carbocycles. The Hall–Kier alpha value is -4.00. The summed E-state index contributed by atoms with van der Waals surface area (Å²) in [5.41, 5.74) is 2.10. The van der Waals surface area contributed by atoms with Gasteiger partial charge < -0.3 is 9.64 Å². The first kappa shape index (κ1) is 22.2. The second-order valence-electron chi connectivity index (χ2n) is 7.87. The Morgan fingerprint density at radius 1 is 1.00 bits per heavy atom. The van der Waals surface area contributed by atoms with Crippen molar-refractivity contribution in [3.63, 3.8) is 0 Å². The molecule has 0 saturated carbocycles. The maximum atomic E-state index is 13.4. The zero-order valence-corrected chi connectivity index (χ0v) is 18.1. The molecule has 3 aromatic carbocycles. The number of aryl methyl sites for hydroxylation is 1. The van der Waals surface area contributed by atoms with E-state index < -0.39 is 23.7 Å². The fourth-order valence-electron chi connectivity index (χ4n) is 3.73. The quantitative estimate of drug-likeness (QED) is 0.517. The minimum Gasteiger partial charge on any atom is -0.484 e. The molecule has 0 radical (unpaired) electrons. The number of carbonyl (C=O) groups excluding carboxylic acids is 3. The molecule has 0 bridgehead atoms. The van der Waals surface area contributed by atoms with Crippen molar-refractivity contribution in [3.05, 3.63) is 95.8 Å². The highest BCUT2D eigenvalue weighted by Gasteiger charge is 2.44. The highest BCUT2D eigenvalue weighted by molar-refractivity contribution is 6.23. The van der Waals surface area contributed by atoms with Crippen LogP contribution in [0, 0.1) is 12.7 Å². The fraction of sp³-hybridized carbons (Fsp3) is 0.192. The third kappa shape index (κ3) is 5.09. The van der Waals surface area contributed by atoms with Crippen LogP contribution in [-0.4, -0.2) is 35.3 Å². The van der Waals surface area contributed by atoms with E-state index in [-0.39, 0.29) is 25.5 Å². The molecule has 1 aliphatic rings. The lowest BCUT2D eigenvalue weighted by molar-refractivity contribution is -0.140. The van der Waals surface area contributed by atoms with Gasteiger partial charge in [-0.2, -0.15) is 0 Å². The van der Waals surface area contributed by atoms with Crippen molar-refractivity contribution in [2.75, 3.05) is 11.5 Å². The van der Waals surface area contributed by atoms with Gasteiger partial charge in [0.15, 0.2) is 6.61 Å². The zero-order valence-electron chi connectivity index (χ0n) is 18.1. The van der Waals surface area contributed by atoms with Crippen LogP contribution in [0.25, 0.3) is 0 Å². The first-order chi connectivity index (χ1) is 15.9. The van der Waals surface area contributed by atoms with Crippen LogP contribution in [0.5, 0.6) is 5.75 Å². The number of hydrogen-bond acceptors (Lipinski definition) is 4. The van der Waals surface area contributed by atoms with Gasteiger partial charge in [-0.25, -0.2) is 9.29 Å². The molecule has 1 unspecified atom stereocenters. The molecule has 168 valence electrons. The Balaban J connectivity index is 1.58. The second kappa shape index (κ2) is 9.65. The Morgan fingerprint density at radius 3 is 2.33 bits per heavy atom. The molecular formula is C26H23FN2O4. The zero-order chi connectivity index (χ0) is 23.4. The van der Waals surface area contributed by atoms with E-state index in [1.54, 1.807) is 48.5 Å². The molecule has 3 aromatic rings. The van der Waals surface area contributed by atoms with Gasteiger partial charge in [-0.3, -0.25) is 14.4 Å². The first-order valence-electron chi connectivity index (χ1n) is 10.6. The average molecular weight is 446 g/mol. The normalized spacial score (nSPS) is 15.6. The number of nitrogens with zero attached hydrogens (tertiary/aromatic N) is 2. The van der Waals surface area contributed by atoms with E-state index in [4.69, 9.17) is 4.74 Å². The number of amides is 3. The van der Waals surface area contributed by atoms with Crippen LogP contribution < -0.4 is 9.64 Å². The van der Waals surface area contributed by atoms with Crippen molar-refractivity contribution in [2.24, 2.45) is 0 Å². The van der Waals surface area contributed by atoms with E-state index in [0.717, 1.165) is 10.5 Å². The predicted molar refractivity (Wildman–Crippen MR) is 121 cm³/mol. The summed E-state index contributed by atoms with van der Waals surface area (Å²) in [4.78, 5) is 41.7. The van der Waals surface area contributed by atoms with Crippen LogP contribution in [0.15, 0.2) is 78.9 Å². The van der Waals surface area contributed by atoms with Gasteiger partial charge in [0.1, 0.15) is 17.6 Å². The summed E-state index contributed by atoms with van der Waals surface area (Å²) in [6.07, 6.45) is -0.134. The van der Waals surface area contributed by atoms with Crippen LogP contribution in [-0.2, 0) is 20.9 Å². The molecule has 1 atom stereocenters. The lowest BCUT2D eigenvalue weighted by Gasteiger charge is -2.28. The largest absolute Gasteiger partial charge is 0.484 e. The van der Waals surface area contributed by atoms with Crippen molar-refractivity contribution in [1.82, 2.24) is 4.90 Å². The molecule has 0 spiro atoms. The molecule has 6 nitrogen and oxygen atoms in total. The van der Waals surface area contributed by atoms with Crippen molar-refractivity contribution in [1.29, 1.82) is 0 Å². The predicted octanol–water partition coefficient (Wildman–Crippen LogP) is 3.87. The third-order valence-corrected chi connectivity index (χ3v) is 5.48. The highest BCUT2D eigenvalue weighted by Crippen LogP contribution is 2.27. The topological polar surface area (TPSA) is 66.9 Å². The standard InChI is InChI=1S/C26H23FN2O4/c1-18-7-13-21(14-8-18)29-24(30)15-23(26(29)32)28(16-19-9-11-20(27)12-10-19)25(31)17-33-22-5-3-2-4-6-22/h2-14,23H,15-17H2,1H3. The Labute approximate surface area is 191 Å².